The fourth-order valence-corrected chi connectivity index (χ4v) is 5.68. The summed E-state index contributed by atoms with van der Waals surface area (Å²) in [6, 6.07) is -0.104. The van der Waals surface area contributed by atoms with E-state index in [-0.39, 0.29) is 18.5 Å². The average Bonchev–Trinajstić information content (AvgIpc) is 3.17. The van der Waals surface area contributed by atoms with Crippen molar-refractivity contribution in [2.75, 3.05) is 38.5 Å². The molecule has 28 heavy (non-hydrogen) atoms. The van der Waals surface area contributed by atoms with E-state index in [9.17, 15) is 13.2 Å². The summed E-state index contributed by atoms with van der Waals surface area (Å²) in [6.07, 6.45) is 2.33. The molecule has 0 spiro atoms. The zero-order valence-electron chi connectivity index (χ0n) is 17.1. The van der Waals surface area contributed by atoms with Gasteiger partial charge in [0.25, 0.3) is 10.2 Å². The van der Waals surface area contributed by atoms with Gasteiger partial charge in [-0.1, -0.05) is 13.8 Å². The highest BCUT2D eigenvalue weighted by molar-refractivity contribution is 7.86. The van der Waals surface area contributed by atoms with Crippen LogP contribution in [0.25, 0.3) is 0 Å². The molecule has 1 fully saturated rings. The highest BCUT2D eigenvalue weighted by Gasteiger charge is 2.35. The molecule has 2 aliphatic rings. The molecule has 0 saturated carbocycles. The molecule has 0 unspecified atom stereocenters. The molecule has 156 valence electrons. The smallest absolute Gasteiger partial charge is 0.282 e. The zero-order chi connectivity index (χ0) is 20.5. The summed E-state index contributed by atoms with van der Waals surface area (Å²) in [7, 11) is -1.73. The third-order valence-electron chi connectivity index (χ3n) is 5.59. The number of likely N-dealkylation sites (tertiary alicyclic amines) is 1. The summed E-state index contributed by atoms with van der Waals surface area (Å²) in [4.78, 5) is 23.2. The quantitative estimate of drug-likeness (QED) is 0.755. The summed E-state index contributed by atoms with van der Waals surface area (Å²) in [5.41, 5.74) is 1.69. The molecule has 0 aliphatic carbocycles. The van der Waals surface area contributed by atoms with E-state index in [0.29, 0.717) is 37.7 Å². The molecule has 3 rings (SSSR count). The van der Waals surface area contributed by atoms with Crippen molar-refractivity contribution in [3.8, 4) is 0 Å². The van der Waals surface area contributed by atoms with Crippen LogP contribution in [0.4, 0.5) is 5.82 Å². The number of carbonyl (C=O) groups excluding carboxylic acids is 1. The topological polar surface area (TPSA) is 98.7 Å². The molecular formula is C18H30N6O3S. The van der Waals surface area contributed by atoms with Crippen molar-refractivity contribution < 1.29 is 13.2 Å². The van der Waals surface area contributed by atoms with Gasteiger partial charge in [0.15, 0.2) is 5.82 Å². The van der Waals surface area contributed by atoms with Crippen LogP contribution in [-0.2, 0) is 28.0 Å². The van der Waals surface area contributed by atoms with Gasteiger partial charge in [-0.15, -0.1) is 0 Å². The first-order valence-electron chi connectivity index (χ1n) is 9.93. The second-order valence-corrected chi connectivity index (χ2v) is 9.08. The highest BCUT2D eigenvalue weighted by Crippen LogP contribution is 2.33. The molecule has 10 heteroatoms. The molecule has 1 amide bonds. The van der Waals surface area contributed by atoms with Crippen LogP contribution >= 0.6 is 0 Å². The number of anilines is 1. The Morgan fingerprint density at radius 2 is 1.96 bits per heavy atom. The van der Waals surface area contributed by atoms with E-state index in [1.165, 1.54) is 8.61 Å². The van der Waals surface area contributed by atoms with Crippen LogP contribution in [0.3, 0.4) is 0 Å². The fraction of sp³-hybridized carbons (Fsp3) is 0.722. The average molecular weight is 411 g/mol. The van der Waals surface area contributed by atoms with Gasteiger partial charge in [0, 0.05) is 58.7 Å². The van der Waals surface area contributed by atoms with Crippen molar-refractivity contribution in [1.29, 1.82) is 0 Å². The van der Waals surface area contributed by atoms with Gasteiger partial charge >= 0.3 is 0 Å². The van der Waals surface area contributed by atoms with Gasteiger partial charge in [-0.05, 0) is 12.8 Å². The number of nitrogens with zero attached hydrogens (tertiary/aromatic N) is 5. The number of amides is 1. The van der Waals surface area contributed by atoms with E-state index in [4.69, 9.17) is 4.98 Å². The van der Waals surface area contributed by atoms with Crippen LogP contribution in [0.15, 0.2) is 0 Å². The maximum Gasteiger partial charge on any atom is 0.282 e. The van der Waals surface area contributed by atoms with Crippen LogP contribution in [0.2, 0.25) is 0 Å². The number of hydrogen-bond donors (Lipinski definition) is 1. The van der Waals surface area contributed by atoms with Crippen LogP contribution in [0.1, 0.15) is 56.7 Å². The Hall–Kier alpha value is -1.78. The lowest BCUT2D eigenvalue weighted by molar-refractivity contribution is -0.129. The van der Waals surface area contributed by atoms with Crippen LogP contribution in [-0.4, -0.2) is 71.0 Å². The third-order valence-corrected chi connectivity index (χ3v) is 7.73. The first-order valence-corrected chi connectivity index (χ1v) is 11.3. The molecular weight excluding hydrogens is 380 g/mol. The van der Waals surface area contributed by atoms with Gasteiger partial charge in [-0.25, -0.2) is 9.97 Å². The predicted octanol–water partition coefficient (Wildman–Crippen LogP) is 1.15. The van der Waals surface area contributed by atoms with E-state index in [1.807, 2.05) is 18.7 Å². The van der Waals surface area contributed by atoms with Crippen molar-refractivity contribution in [2.24, 2.45) is 0 Å². The van der Waals surface area contributed by atoms with E-state index in [2.05, 4.69) is 10.3 Å². The number of fused-ring (bicyclic) bond motifs is 1. The standard InChI is InChI=1S/C18H30N6O3S/c1-5-22(6-2)28(26,27)23-11-9-15-14(12-23)17(19-4)21-18(20-15)16-8-7-10-24(16)13(3)25/h16H,5-12H2,1-4H3,(H,19,20,21)/t16-/m0/s1. The van der Waals surface area contributed by atoms with Gasteiger partial charge in [0.05, 0.1) is 11.7 Å². The summed E-state index contributed by atoms with van der Waals surface area (Å²) in [5, 5.41) is 3.10. The molecule has 1 atom stereocenters. The molecule has 2 aliphatic heterocycles. The van der Waals surface area contributed by atoms with E-state index < -0.39 is 10.2 Å². The van der Waals surface area contributed by atoms with Crippen LogP contribution in [0.5, 0.6) is 0 Å². The van der Waals surface area contributed by atoms with Crippen molar-refractivity contribution in [3.63, 3.8) is 0 Å². The summed E-state index contributed by atoms with van der Waals surface area (Å²) in [5.74, 6) is 1.33. The Kier molecular flexibility index (Phi) is 6.21. The molecule has 1 aromatic rings. The minimum atomic E-state index is -3.51. The maximum atomic E-state index is 12.9. The van der Waals surface area contributed by atoms with Crippen molar-refractivity contribution in [3.05, 3.63) is 17.1 Å². The normalized spacial score (nSPS) is 20.5. The maximum absolute atomic E-state index is 12.9. The number of nitrogens with one attached hydrogen (secondary N) is 1. The van der Waals surface area contributed by atoms with E-state index >= 15 is 0 Å². The zero-order valence-corrected chi connectivity index (χ0v) is 17.9. The molecule has 1 saturated heterocycles. The lowest BCUT2D eigenvalue weighted by atomic mass is 10.1. The number of rotatable bonds is 6. The van der Waals surface area contributed by atoms with Gasteiger partial charge in [-0.3, -0.25) is 4.79 Å². The third kappa shape index (κ3) is 3.72. The van der Waals surface area contributed by atoms with Gasteiger partial charge in [-0.2, -0.15) is 17.0 Å². The number of aromatic nitrogens is 2. The van der Waals surface area contributed by atoms with Gasteiger partial charge in [0.2, 0.25) is 5.91 Å². The molecule has 9 nitrogen and oxygen atoms in total. The van der Waals surface area contributed by atoms with Gasteiger partial charge < -0.3 is 10.2 Å². The summed E-state index contributed by atoms with van der Waals surface area (Å²) < 4.78 is 28.8. The molecule has 0 aromatic carbocycles. The lowest BCUT2D eigenvalue weighted by Gasteiger charge is -2.33. The summed E-state index contributed by atoms with van der Waals surface area (Å²) >= 11 is 0. The first kappa shape index (κ1) is 20.9. The number of hydrogen-bond acceptors (Lipinski definition) is 6. The molecule has 1 aromatic heterocycles. The molecule has 0 bridgehead atoms. The predicted molar refractivity (Wildman–Crippen MR) is 107 cm³/mol. The van der Waals surface area contributed by atoms with Gasteiger partial charge in [0.1, 0.15) is 5.82 Å². The summed E-state index contributed by atoms with van der Waals surface area (Å²) in [6.45, 7) is 7.53. The van der Waals surface area contributed by atoms with Crippen molar-refractivity contribution in [1.82, 2.24) is 23.5 Å². The minimum absolute atomic E-state index is 0.0336. The van der Waals surface area contributed by atoms with Crippen LogP contribution in [0, 0.1) is 0 Å². The molecule has 3 heterocycles. The Labute approximate surface area is 167 Å². The second kappa shape index (κ2) is 8.30. The molecule has 1 N–H and O–H groups in total. The van der Waals surface area contributed by atoms with Crippen LogP contribution < -0.4 is 5.32 Å². The Morgan fingerprint density at radius 1 is 1.25 bits per heavy atom. The van der Waals surface area contributed by atoms with Crippen molar-refractivity contribution in [2.45, 2.75) is 52.6 Å². The monoisotopic (exact) mass is 410 g/mol. The number of carbonyl (C=O) groups is 1. The lowest BCUT2D eigenvalue weighted by Crippen LogP contribution is -2.46. The Morgan fingerprint density at radius 3 is 2.57 bits per heavy atom. The Bertz CT molecular complexity index is 823. The van der Waals surface area contributed by atoms with Crippen molar-refractivity contribution >= 4 is 21.9 Å². The first-order chi connectivity index (χ1) is 13.3. The largest absolute Gasteiger partial charge is 0.373 e. The molecule has 0 radical (unpaired) electrons. The Balaban J connectivity index is 1.93. The SMILES string of the molecule is CCN(CC)S(=O)(=O)N1CCc2nc([C@@H]3CCCN3C(C)=O)nc(NC)c2C1. The van der Waals surface area contributed by atoms with E-state index in [1.54, 1.807) is 14.0 Å². The highest BCUT2D eigenvalue weighted by atomic mass is 32.2. The second-order valence-electron chi connectivity index (χ2n) is 7.15. The van der Waals surface area contributed by atoms with E-state index in [0.717, 1.165) is 30.6 Å². The minimum Gasteiger partial charge on any atom is -0.373 e. The fourth-order valence-electron chi connectivity index (χ4n) is 4.09.